The first-order valence-electron chi connectivity index (χ1n) is 13.1. The SMILES string of the molecule is CC1COC(C2COC(C3COC(C4CCC(C(F)(F)Oc5cc(F)c(F)c(F)c5)CC4)OC3)OC2)OC1. The Labute approximate surface area is 217 Å². The van der Waals surface area contributed by atoms with Crippen molar-refractivity contribution in [2.45, 2.75) is 57.6 Å². The van der Waals surface area contributed by atoms with Crippen molar-refractivity contribution in [2.75, 3.05) is 39.6 Å². The van der Waals surface area contributed by atoms with Gasteiger partial charge in [0.2, 0.25) is 0 Å². The topological polar surface area (TPSA) is 64.6 Å². The van der Waals surface area contributed by atoms with Crippen molar-refractivity contribution in [1.29, 1.82) is 0 Å². The summed E-state index contributed by atoms with van der Waals surface area (Å²) in [7, 11) is 0. The Kier molecular flexibility index (Phi) is 8.75. The molecule has 0 spiro atoms. The van der Waals surface area contributed by atoms with Gasteiger partial charge in [-0.1, -0.05) is 6.92 Å². The number of hydrogen-bond donors (Lipinski definition) is 0. The van der Waals surface area contributed by atoms with Gasteiger partial charge in [0.15, 0.2) is 36.3 Å². The van der Waals surface area contributed by atoms with Crippen molar-refractivity contribution in [3.63, 3.8) is 0 Å². The lowest BCUT2D eigenvalue weighted by Gasteiger charge is -2.42. The van der Waals surface area contributed by atoms with Crippen LogP contribution in [0.25, 0.3) is 0 Å². The Morgan fingerprint density at radius 1 is 0.658 bits per heavy atom. The van der Waals surface area contributed by atoms with Crippen molar-refractivity contribution < 1.29 is 55.1 Å². The molecule has 38 heavy (non-hydrogen) atoms. The van der Waals surface area contributed by atoms with Crippen LogP contribution < -0.4 is 4.74 Å². The molecular weight excluding hydrogens is 519 g/mol. The van der Waals surface area contributed by atoms with Gasteiger partial charge in [-0.25, -0.2) is 13.2 Å². The first-order valence-corrected chi connectivity index (χ1v) is 13.1. The fourth-order valence-corrected chi connectivity index (χ4v) is 5.37. The predicted octanol–water partition coefficient (Wildman–Crippen LogP) is 4.87. The van der Waals surface area contributed by atoms with Gasteiger partial charge in [0, 0.05) is 24.0 Å². The molecule has 3 saturated heterocycles. The molecule has 3 aliphatic heterocycles. The summed E-state index contributed by atoms with van der Waals surface area (Å²) < 4.78 is 109. The maximum atomic E-state index is 14.7. The minimum absolute atomic E-state index is 0.00433. The Morgan fingerprint density at radius 2 is 1.08 bits per heavy atom. The van der Waals surface area contributed by atoms with Gasteiger partial charge < -0.3 is 33.2 Å². The first-order chi connectivity index (χ1) is 18.2. The number of hydrogen-bond acceptors (Lipinski definition) is 7. The van der Waals surface area contributed by atoms with E-state index in [0.717, 1.165) is 0 Å². The zero-order chi connectivity index (χ0) is 26.9. The fraction of sp³-hybridized carbons (Fsp3) is 0.769. The third-order valence-corrected chi connectivity index (χ3v) is 7.60. The van der Waals surface area contributed by atoms with E-state index >= 15 is 0 Å². The highest BCUT2D eigenvalue weighted by Crippen LogP contribution is 2.42. The summed E-state index contributed by atoms with van der Waals surface area (Å²) in [5.74, 6) is -6.67. The van der Waals surface area contributed by atoms with Crippen molar-refractivity contribution in [2.24, 2.45) is 29.6 Å². The molecule has 1 aromatic carbocycles. The summed E-state index contributed by atoms with van der Waals surface area (Å²) in [6.07, 6.45) is -3.96. The predicted molar refractivity (Wildman–Crippen MR) is 121 cm³/mol. The lowest BCUT2D eigenvalue weighted by molar-refractivity contribution is -0.315. The zero-order valence-corrected chi connectivity index (χ0v) is 21.1. The molecule has 1 saturated carbocycles. The molecule has 214 valence electrons. The first kappa shape index (κ1) is 28.0. The monoisotopic (exact) mass is 552 g/mol. The molecule has 0 amide bonds. The van der Waals surface area contributed by atoms with E-state index in [1.807, 2.05) is 0 Å². The van der Waals surface area contributed by atoms with Gasteiger partial charge in [0.05, 0.1) is 57.4 Å². The second-order valence-corrected chi connectivity index (χ2v) is 10.7. The van der Waals surface area contributed by atoms with Gasteiger partial charge >= 0.3 is 6.11 Å². The fourth-order valence-electron chi connectivity index (χ4n) is 5.37. The molecule has 4 fully saturated rings. The largest absolute Gasteiger partial charge is 0.432 e. The lowest BCUT2D eigenvalue weighted by Crippen LogP contribution is -2.49. The molecule has 7 nitrogen and oxygen atoms in total. The van der Waals surface area contributed by atoms with Crippen LogP contribution in [-0.2, 0) is 28.4 Å². The Bertz CT molecular complexity index is 898. The molecule has 5 rings (SSSR count). The van der Waals surface area contributed by atoms with Gasteiger partial charge in [-0.3, -0.25) is 0 Å². The Balaban J connectivity index is 1.04. The van der Waals surface area contributed by atoms with E-state index in [-0.39, 0.29) is 36.9 Å². The van der Waals surface area contributed by atoms with Crippen molar-refractivity contribution in [1.82, 2.24) is 0 Å². The minimum Gasteiger partial charge on any atom is -0.432 e. The number of benzene rings is 1. The van der Waals surface area contributed by atoms with Crippen LogP contribution in [0, 0.1) is 47.0 Å². The van der Waals surface area contributed by atoms with Crippen LogP contribution in [0.4, 0.5) is 22.0 Å². The quantitative estimate of drug-likeness (QED) is 0.369. The molecule has 1 aliphatic carbocycles. The summed E-state index contributed by atoms with van der Waals surface area (Å²) >= 11 is 0. The van der Waals surface area contributed by atoms with Crippen molar-refractivity contribution in [3.8, 4) is 5.75 Å². The number of halogens is 5. The van der Waals surface area contributed by atoms with Crippen LogP contribution in [0.5, 0.6) is 5.75 Å². The number of ether oxygens (including phenoxy) is 7. The summed E-state index contributed by atoms with van der Waals surface area (Å²) in [5.41, 5.74) is 0. The molecule has 0 N–H and O–H groups in total. The zero-order valence-electron chi connectivity index (χ0n) is 21.1. The average Bonchev–Trinajstić information content (AvgIpc) is 2.92. The average molecular weight is 553 g/mol. The van der Waals surface area contributed by atoms with E-state index in [9.17, 15) is 22.0 Å². The third-order valence-electron chi connectivity index (χ3n) is 7.60. The molecular formula is C26H33F5O7. The van der Waals surface area contributed by atoms with Gasteiger partial charge in [-0.05, 0) is 25.7 Å². The van der Waals surface area contributed by atoms with Crippen LogP contribution >= 0.6 is 0 Å². The Morgan fingerprint density at radius 3 is 1.55 bits per heavy atom. The summed E-state index contributed by atoms with van der Waals surface area (Å²) in [6.45, 7) is 4.97. The smallest absolute Gasteiger partial charge is 0.400 e. The highest BCUT2D eigenvalue weighted by molar-refractivity contribution is 5.25. The van der Waals surface area contributed by atoms with Crippen LogP contribution in [0.2, 0.25) is 0 Å². The highest BCUT2D eigenvalue weighted by Gasteiger charge is 2.46. The maximum absolute atomic E-state index is 14.7. The maximum Gasteiger partial charge on any atom is 0.400 e. The summed E-state index contributed by atoms with van der Waals surface area (Å²) in [6, 6.07) is 0.825. The molecule has 0 bridgehead atoms. The van der Waals surface area contributed by atoms with Crippen molar-refractivity contribution >= 4 is 0 Å². The van der Waals surface area contributed by atoms with Gasteiger partial charge in [-0.15, -0.1) is 0 Å². The molecule has 3 heterocycles. The molecule has 0 aromatic heterocycles. The van der Waals surface area contributed by atoms with Crippen LogP contribution in [0.1, 0.15) is 32.6 Å². The van der Waals surface area contributed by atoms with E-state index in [2.05, 4.69) is 11.7 Å². The molecule has 12 heteroatoms. The molecule has 0 atom stereocenters. The molecule has 4 aliphatic rings. The minimum atomic E-state index is -3.67. The van der Waals surface area contributed by atoms with E-state index in [1.165, 1.54) is 0 Å². The standard InChI is InChI=1S/C26H33F5O7/c1-14-8-32-24(33-9-14)16-12-36-25(37-13-16)17-10-34-23(35-11-17)15-2-4-18(5-3-15)26(30,31)38-19-6-20(27)22(29)21(28)7-19/h6-7,14-18,23-25H,2-5,8-13H2,1H3. The second kappa shape index (κ2) is 11.9. The highest BCUT2D eigenvalue weighted by atomic mass is 19.3. The third kappa shape index (κ3) is 6.42. The van der Waals surface area contributed by atoms with E-state index in [4.69, 9.17) is 28.4 Å². The van der Waals surface area contributed by atoms with Gasteiger partial charge in [-0.2, -0.15) is 8.78 Å². The van der Waals surface area contributed by atoms with Gasteiger partial charge in [0.1, 0.15) is 5.75 Å². The lowest BCUT2D eigenvalue weighted by atomic mass is 9.80. The summed E-state index contributed by atoms with van der Waals surface area (Å²) in [4.78, 5) is 0. The normalized spacial score (nSPS) is 37.1. The van der Waals surface area contributed by atoms with Crippen molar-refractivity contribution in [3.05, 3.63) is 29.6 Å². The van der Waals surface area contributed by atoms with Gasteiger partial charge in [0.25, 0.3) is 0 Å². The number of rotatable bonds is 6. The van der Waals surface area contributed by atoms with E-state index in [0.29, 0.717) is 70.5 Å². The van der Waals surface area contributed by atoms with E-state index in [1.54, 1.807) is 0 Å². The van der Waals surface area contributed by atoms with E-state index < -0.39 is 47.8 Å². The van der Waals surface area contributed by atoms with Crippen LogP contribution in [0.15, 0.2) is 12.1 Å². The van der Waals surface area contributed by atoms with Crippen LogP contribution in [0.3, 0.4) is 0 Å². The molecule has 1 aromatic rings. The second-order valence-electron chi connectivity index (χ2n) is 10.7. The Hall–Kier alpha value is -1.57. The summed E-state index contributed by atoms with van der Waals surface area (Å²) in [5, 5.41) is 0. The van der Waals surface area contributed by atoms with Crippen LogP contribution in [-0.4, -0.2) is 64.6 Å². The molecule has 0 unspecified atom stereocenters. The molecule has 0 radical (unpaired) electrons. The number of alkyl halides is 2.